The fraction of sp³-hybridized carbons (Fsp3) is 0.0909. The average molecular weight is 281 g/mol. The van der Waals surface area contributed by atoms with E-state index in [0.29, 0.717) is 16.3 Å². The minimum absolute atomic E-state index is 0.0665. The molecule has 1 heterocycles. The summed E-state index contributed by atoms with van der Waals surface area (Å²) in [6, 6.07) is 4.73. The third kappa shape index (κ3) is 2.41. The number of nitrogen functional groups attached to an aromatic ring is 1. The number of nitrogens with zero attached hydrogens (tertiary/aromatic N) is 3. The Bertz CT molecular complexity index is 648. The van der Waals surface area contributed by atoms with Crippen molar-refractivity contribution in [2.75, 3.05) is 12.8 Å². The van der Waals surface area contributed by atoms with Gasteiger partial charge in [-0.15, -0.1) is 0 Å². The third-order valence-electron chi connectivity index (χ3n) is 2.45. The predicted molar refractivity (Wildman–Crippen MR) is 70.1 cm³/mol. The Kier molecular flexibility index (Phi) is 3.48. The van der Waals surface area contributed by atoms with Gasteiger partial charge < -0.3 is 10.5 Å². The van der Waals surface area contributed by atoms with Gasteiger partial charge in [-0.2, -0.15) is 0 Å². The molecule has 7 nitrogen and oxygen atoms in total. The van der Waals surface area contributed by atoms with Crippen molar-refractivity contribution in [1.82, 2.24) is 9.97 Å². The molecular formula is C11H9ClN4O3. The molecule has 0 saturated carbocycles. The zero-order valence-corrected chi connectivity index (χ0v) is 10.6. The lowest BCUT2D eigenvalue weighted by molar-refractivity contribution is -0.383. The molecule has 8 heteroatoms. The highest BCUT2D eigenvalue weighted by atomic mass is 35.5. The first-order valence-corrected chi connectivity index (χ1v) is 5.51. The molecule has 1 aromatic heterocycles. The molecule has 0 radical (unpaired) electrons. The Hall–Kier alpha value is -2.41. The summed E-state index contributed by atoms with van der Waals surface area (Å²) in [6.45, 7) is 0. The van der Waals surface area contributed by atoms with Crippen molar-refractivity contribution >= 4 is 23.1 Å². The molecule has 0 atom stereocenters. The third-order valence-corrected chi connectivity index (χ3v) is 2.68. The Labute approximate surface area is 113 Å². The SMILES string of the molecule is COc1ccc(Cl)cc1-c1ncnc(N)c1[N+](=O)[O-]. The topological polar surface area (TPSA) is 104 Å². The molecule has 2 rings (SSSR count). The number of nitrogens with two attached hydrogens (primary N) is 1. The number of benzene rings is 1. The molecule has 0 spiro atoms. The normalized spacial score (nSPS) is 10.2. The van der Waals surface area contributed by atoms with Crippen molar-refractivity contribution in [3.8, 4) is 17.0 Å². The van der Waals surface area contributed by atoms with Crippen molar-refractivity contribution in [3.05, 3.63) is 39.7 Å². The zero-order valence-electron chi connectivity index (χ0n) is 9.83. The van der Waals surface area contributed by atoms with Gasteiger partial charge in [-0.1, -0.05) is 11.6 Å². The van der Waals surface area contributed by atoms with Crippen molar-refractivity contribution in [3.63, 3.8) is 0 Å². The maximum Gasteiger partial charge on any atom is 0.337 e. The molecule has 19 heavy (non-hydrogen) atoms. The predicted octanol–water partition coefficient (Wildman–Crippen LogP) is 2.30. The molecule has 0 aliphatic rings. The van der Waals surface area contributed by atoms with Gasteiger partial charge in [-0.3, -0.25) is 10.1 Å². The van der Waals surface area contributed by atoms with E-state index in [0.717, 1.165) is 6.33 Å². The fourth-order valence-corrected chi connectivity index (χ4v) is 1.81. The second kappa shape index (κ2) is 5.07. The second-order valence-electron chi connectivity index (χ2n) is 3.56. The van der Waals surface area contributed by atoms with Gasteiger partial charge in [-0.25, -0.2) is 9.97 Å². The van der Waals surface area contributed by atoms with Crippen LogP contribution in [0, 0.1) is 10.1 Å². The maximum absolute atomic E-state index is 11.1. The van der Waals surface area contributed by atoms with E-state index in [1.54, 1.807) is 12.1 Å². The smallest absolute Gasteiger partial charge is 0.337 e. The molecule has 0 amide bonds. The number of nitro groups is 1. The number of hydrogen-bond donors (Lipinski definition) is 1. The second-order valence-corrected chi connectivity index (χ2v) is 3.99. The fourth-order valence-electron chi connectivity index (χ4n) is 1.63. The minimum Gasteiger partial charge on any atom is -0.496 e. The van der Waals surface area contributed by atoms with Crippen molar-refractivity contribution in [2.24, 2.45) is 0 Å². The Balaban J connectivity index is 2.75. The van der Waals surface area contributed by atoms with Crippen molar-refractivity contribution < 1.29 is 9.66 Å². The molecule has 0 aliphatic heterocycles. The number of hydrogen-bond acceptors (Lipinski definition) is 6. The van der Waals surface area contributed by atoms with Gasteiger partial charge in [0.2, 0.25) is 5.82 Å². The summed E-state index contributed by atoms with van der Waals surface area (Å²) >= 11 is 5.90. The molecular weight excluding hydrogens is 272 g/mol. The van der Waals surface area contributed by atoms with E-state index in [1.807, 2.05) is 0 Å². The Morgan fingerprint density at radius 1 is 1.42 bits per heavy atom. The van der Waals surface area contributed by atoms with Crippen molar-refractivity contribution in [2.45, 2.75) is 0 Å². The van der Waals surface area contributed by atoms with Crippen LogP contribution < -0.4 is 10.5 Å². The molecule has 0 aliphatic carbocycles. The van der Waals surface area contributed by atoms with E-state index in [1.165, 1.54) is 13.2 Å². The van der Waals surface area contributed by atoms with E-state index in [9.17, 15) is 10.1 Å². The summed E-state index contributed by atoms with van der Waals surface area (Å²) in [7, 11) is 1.45. The quantitative estimate of drug-likeness (QED) is 0.683. The molecule has 2 aromatic rings. The van der Waals surface area contributed by atoms with Gasteiger partial charge >= 0.3 is 5.69 Å². The van der Waals surface area contributed by atoms with Gasteiger partial charge in [0.05, 0.1) is 17.6 Å². The first-order valence-electron chi connectivity index (χ1n) is 5.13. The molecule has 0 unspecified atom stereocenters. The molecule has 2 N–H and O–H groups in total. The van der Waals surface area contributed by atoms with Crippen LogP contribution in [0.5, 0.6) is 5.75 Å². The van der Waals surface area contributed by atoms with Crippen LogP contribution >= 0.6 is 11.6 Å². The monoisotopic (exact) mass is 280 g/mol. The van der Waals surface area contributed by atoms with Gasteiger partial charge in [0.1, 0.15) is 12.1 Å². The molecule has 0 fully saturated rings. The average Bonchev–Trinajstić information content (AvgIpc) is 2.37. The number of anilines is 1. The minimum atomic E-state index is -0.634. The van der Waals surface area contributed by atoms with Crippen LogP contribution in [0.3, 0.4) is 0 Å². The van der Waals surface area contributed by atoms with Crippen LogP contribution in [-0.4, -0.2) is 22.0 Å². The lowest BCUT2D eigenvalue weighted by atomic mass is 10.1. The summed E-state index contributed by atoms with van der Waals surface area (Å²) in [5.74, 6) is 0.197. The number of halogens is 1. The van der Waals surface area contributed by atoms with Crippen molar-refractivity contribution in [1.29, 1.82) is 0 Å². The summed E-state index contributed by atoms with van der Waals surface area (Å²) in [5.41, 5.74) is 5.60. The van der Waals surface area contributed by atoms with Gasteiger partial charge in [0.25, 0.3) is 0 Å². The van der Waals surface area contributed by atoms with Crippen LogP contribution in [0.15, 0.2) is 24.5 Å². The van der Waals surface area contributed by atoms with Gasteiger partial charge in [0, 0.05) is 5.02 Å². The highest BCUT2D eigenvalue weighted by Crippen LogP contribution is 2.37. The lowest BCUT2D eigenvalue weighted by Gasteiger charge is -2.09. The van der Waals surface area contributed by atoms with E-state index >= 15 is 0 Å². The number of rotatable bonds is 3. The Morgan fingerprint density at radius 2 is 2.16 bits per heavy atom. The van der Waals surface area contributed by atoms with Crippen LogP contribution in [-0.2, 0) is 0 Å². The van der Waals surface area contributed by atoms with Gasteiger partial charge in [-0.05, 0) is 18.2 Å². The molecule has 98 valence electrons. The van der Waals surface area contributed by atoms with Crippen LogP contribution in [0.1, 0.15) is 0 Å². The summed E-state index contributed by atoms with van der Waals surface area (Å²) < 4.78 is 5.15. The molecule has 0 bridgehead atoms. The summed E-state index contributed by atoms with van der Waals surface area (Å²) in [6.07, 6.45) is 1.15. The van der Waals surface area contributed by atoms with E-state index in [-0.39, 0.29) is 17.2 Å². The highest BCUT2D eigenvalue weighted by molar-refractivity contribution is 6.31. The molecule has 1 aromatic carbocycles. The van der Waals surface area contributed by atoms with E-state index < -0.39 is 4.92 Å². The standard InChI is InChI=1S/C11H9ClN4O3/c1-19-8-3-2-6(12)4-7(8)9-10(16(17)18)11(13)15-5-14-9/h2-5H,1H3,(H2,13,14,15). The summed E-state index contributed by atoms with van der Waals surface area (Å²) in [5, 5.41) is 11.5. The summed E-state index contributed by atoms with van der Waals surface area (Å²) in [4.78, 5) is 18.0. The van der Waals surface area contributed by atoms with Gasteiger partial charge in [0.15, 0.2) is 5.69 Å². The first-order chi connectivity index (χ1) is 9.04. The van der Waals surface area contributed by atoms with E-state index in [4.69, 9.17) is 22.1 Å². The van der Waals surface area contributed by atoms with Crippen LogP contribution in [0.25, 0.3) is 11.3 Å². The Morgan fingerprint density at radius 3 is 2.79 bits per heavy atom. The zero-order chi connectivity index (χ0) is 14.0. The first kappa shape index (κ1) is 13.0. The van der Waals surface area contributed by atoms with Crippen LogP contribution in [0.2, 0.25) is 5.02 Å². The number of aromatic nitrogens is 2. The maximum atomic E-state index is 11.1. The lowest BCUT2D eigenvalue weighted by Crippen LogP contribution is -2.03. The number of methoxy groups -OCH3 is 1. The largest absolute Gasteiger partial charge is 0.496 e. The van der Waals surface area contributed by atoms with Crippen LogP contribution in [0.4, 0.5) is 11.5 Å². The highest BCUT2D eigenvalue weighted by Gasteiger charge is 2.24. The van der Waals surface area contributed by atoms with E-state index in [2.05, 4.69) is 9.97 Å². The molecule has 0 saturated heterocycles. The number of ether oxygens (including phenoxy) is 1.